The first kappa shape index (κ1) is 18.6. The van der Waals surface area contributed by atoms with Crippen LogP contribution in [0.2, 0.25) is 15.1 Å². The predicted molar refractivity (Wildman–Crippen MR) is 103 cm³/mol. The second-order valence-electron chi connectivity index (χ2n) is 5.49. The van der Waals surface area contributed by atoms with Gasteiger partial charge in [-0.3, -0.25) is 0 Å². The van der Waals surface area contributed by atoms with Crippen LogP contribution in [0.5, 0.6) is 0 Å². The van der Waals surface area contributed by atoms with Gasteiger partial charge in [0.05, 0.1) is 6.61 Å². The SMILES string of the molecule is Clc1ccc(CC(Cl)(OCc2ccc(Cl)cc2Cl)c2ncc[nH]2)cc1. The number of nitrogens with zero attached hydrogens (tertiary/aromatic N) is 1. The third-order valence-electron chi connectivity index (χ3n) is 3.67. The van der Waals surface area contributed by atoms with E-state index in [2.05, 4.69) is 9.97 Å². The molecule has 25 heavy (non-hydrogen) atoms. The average Bonchev–Trinajstić information content (AvgIpc) is 3.12. The van der Waals surface area contributed by atoms with E-state index < -0.39 is 5.06 Å². The van der Waals surface area contributed by atoms with E-state index >= 15 is 0 Å². The first-order valence-electron chi connectivity index (χ1n) is 7.47. The molecule has 0 aliphatic heterocycles. The van der Waals surface area contributed by atoms with Crippen LogP contribution in [0.3, 0.4) is 0 Å². The molecule has 1 atom stereocenters. The van der Waals surface area contributed by atoms with Crippen molar-refractivity contribution in [3.05, 3.63) is 86.9 Å². The van der Waals surface area contributed by atoms with Crippen molar-refractivity contribution in [1.82, 2.24) is 9.97 Å². The first-order chi connectivity index (χ1) is 12.0. The van der Waals surface area contributed by atoms with Crippen LogP contribution in [0.25, 0.3) is 0 Å². The Balaban J connectivity index is 1.83. The maximum atomic E-state index is 6.80. The molecule has 0 amide bonds. The molecule has 1 N–H and O–H groups in total. The molecule has 3 nitrogen and oxygen atoms in total. The highest BCUT2D eigenvalue weighted by molar-refractivity contribution is 6.35. The molecule has 2 aromatic carbocycles. The van der Waals surface area contributed by atoms with Crippen molar-refractivity contribution in [1.29, 1.82) is 0 Å². The summed E-state index contributed by atoms with van der Waals surface area (Å²) < 4.78 is 6.03. The molecule has 0 spiro atoms. The van der Waals surface area contributed by atoms with E-state index in [-0.39, 0.29) is 6.61 Å². The predicted octanol–water partition coefficient (Wildman–Crippen LogP) is 6.22. The minimum atomic E-state index is -1.17. The number of rotatable bonds is 6. The minimum absolute atomic E-state index is 0.216. The summed E-state index contributed by atoms with van der Waals surface area (Å²) in [7, 11) is 0. The van der Waals surface area contributed by atoms with Crippen LogP contribution in [-0.2, 0) is 22.8 Å². The summed E-state index contributed by atoms with van der Waals surface area (Å²) in [5, 5.41) is 0.589. The molecular formula is C18H14Cl4N2O. The van der Waals surface area contributed by atoms with Gasteiger partial charge < -0.3 is 9.72 Å². The van der Waals surface area contributed by atoms with Crippen molar-refractivity contribution in [2.75, 3.05) is 0 Å². The molecule has 1 unspecified atom stereocenters. The number of H-pyrrole nitrogens is 1. The van der Waals surface area contributed by atoms with Gasteiger partial charge in [0.25, 0.3) is 0 Å². The van der Waals surface area contributed by atoms with E-state index in [4.69, 9.17) is 51.1 Å². The van der Waals surface area contributed by atoms with E-state index in [0.29, 0.717) is 27.3 Å². The number of halogens is 4. The number of hydrogen-bond acceptors (Lipinski definition) is 2. The summed E-state index contributed by atoms with van der Waals surface area (Å²) in [4.78, 5) is 7.28. The van der Waals surface area contributed by atoms with Gasteiger partial charge >= 0.3 is 0 Å². The van der Waals surface area contributed by atoms with Crippen LogP contribution in [-0.4, -0.2) is 9.97 Å². The highest BCUT2D eigenvalue weighted by Gasteiger charge is 2.34. The number of nitrogens with one attached hydrogen (secondary N) is 1. The number of imidazole rings is 1. The van der Waals surface area contributed by atoms with Crippen LogP contribution in [0, 0.1) is 0 Å². The molecule has 0 saturated carbocycles. The molecule has 0 bridgehead atoms. The number of alkyl halides is 1. The maximum Gasteiger partial charge on any atom is 0.203 e. The molecule has 0 saturated heterocycles. The lowest BCUT2D eigenvalue weighted by Crippen LogP contribution is -2.27. The normalized spacial score (nSPS) is 13.6. The van der Waals surface area contributed by atoms with Gasteiger partial charge in [0.15, 0.2) is 5.82 Å². The number of benzene rings is 2. The molecule has 7 heteroatoms. The summed E-state index contributed by atoms with van der Waals surface area (Å²) in [6.07, 6.45) is 3.74. The zero-order valence-corrected chi connectivity index (χ0v) is 16.0. The molecular weight excluding hydrogens is 402 g/mol. The van der Waals surface area contributed by atoms with Gasteiger partial charge in [-0.05, 0) is 35.4 Å². The highest BCUT2D eigenvalue weighted by Crippen LogP contribution is 2.34. The van der Waals surface area contributed by atoms with E-state index in [1.807, 2.05) is 30.3 Å². The molecule has 1 heterocycles. The molecule has 3 aromatic rings. The second kappa shape index (κ2) is 7.98. The van der Waals surface area contributed by atoms with Crippen molar-refractivity contribution >= 4 is 46.4 Å². The Morgan fingerprint density at radius 2 is 1.72 bits per heavy atom. The van der Waals surface area contributed by atoms with Gasteiger partial charge in [-0.2, -0.15) is 0 Å². The number of hydrogen-bond donors (Lipinski definition) is 1. The quantitative estimate of drug-likeness (QED) is 0.485. The summed E-state index contributed by atoms with van der Waals surface area (Å²) in [6.45, 7) is 0.216. The van der Waals surface area contributed by atoms with Crippen molar-refractivity contribution in [2.45, 2.75) is 18.1 Å². The lowest BCUT2D eigenvalue weighted by atomic mass is 10.1. The zero-order chi connectivity index (χ0) is 17.9. The van der Waals surface area contributed by atoms with Crippen molar-refractivity contribution in [3.8, 4) is 0 Å². The topological polar surface area (TPSA) is 37.9 Å². The molecule has 130 valence electrons. The van der Waals surface area contributed by atoms with E-state index in [0.717, 1.165) is 11.1 Å². The van der Waals surface area contributed by atoms with Crippen LogP contribution in [0.15, 0.2) is 54.9 Å². The molecule has 0 fully saturated rings. The Labute approximate surface area is 165 Å². The van der Waals surface area contributed by atoms with Gasteiger partial charge in [0.1, 0.15) is 0 Å². The Bertz CT molecular complexity index is 837. The fraction of sp³-hybridized carbons (Fsp3) is 0.167. The summed E-state index contributed by atoms with van der Waals surface area (Å²) >= 11 is 24.9. The van der Waals surface area contributed by atoms with Gasteiger partial charge in [-0.25, -0.2) is 4.98 Å². The van der Waals surface area contributed by atoms with E-state index in [9.17, 15) is 0 Å². The molecule has 1 aromatic heterocycles. The fourth-order valence-electron chi connectivity index (χ4n) is 2.37. The largest absolute Gasteiger partial charge is 0.347 e. The van der Waals surface area contributed by atoms with E-state index in [1.54, 1.807) is 24.5 Å². The summed E-state index contributed by atoms with van der Waals surface area (Å²) in [5.41, 5.74) is 1.76. The van der Waals surface area contributed by atoms with Gasteiger partial charge in [-0.1, -0.05) is 64.6 Å². The number of aromatic nitrogens is 2. The molecule has 3 rings (SSSR count). The summed E-state index contributed by atoms with van der Waals surface area (Å²) in [5.74, 6) is 0.522. The lowest BCUT2D eigenvalue weighted by Gasteiger charge is -2.26. The van der Waals surface area contributed by atoms with Crippen molar-refractivity contribution < 1.29 is 4.74 Å². The van der Waals surface area contributed by atoms with Crippen LogP contribution < -0.4 is 0 Å². The number of aromatic amines is 1. The van der Waals surface area contributed by atoms with Crippen LogP contribution in [0.4, 0.5) is 0 Å². The molecule has 0 radical (unpaired) electrons. The Morgan fingerprint density at radius 3 is 2.36 bits per heavy atom. The Morgan fingerprint density at radius 1 is 1.00 bits per heavy atom. The van der Waals surface area contributed by atoms with Crippen molar-refractivity contribution in [2.24, 2.45) is 0 Å². The van der Waals surface area contributed by atoms with Gasteiger partial charge in [0, 0.05) is 33.9 Å². The second-order valence-corrected chi connectivity index (χ2v) is 7.38. The lowest BCUT2D eigenvalue weighted by molar-refractivity contribution is -0.00184. The molecule has 0 aliphatic carbocycles. The number of ether oxygens (including phenoxy) is 1. The smallest absolute Gasteiger partial charge is 0.203 e. The molecule has 0 aliphatic rings. The van der Waals surface area contributed by atoms with Crippen LogP contribution in [0.1, 0.15) is 17.0 Å². The van der Waals surface area contributed by atoms with E-state index in [1.165, 1.54) is 0 Å². The third-order valence-corrected chi connectivity index (χ3v) is 4.93. The fourth-order valence-corrected chi connectivity index (χ4v) is 3.27. The Kier molecular flexibility index (Phi) is 5.92. The third kappa shape index (κ3) is 4.69. The highest BCUT2D eigenvalue weighted by atomic mass is 35.5. The van der Waals surface area contributed by atoms with Crippen molar-refractivity contribution in [3.63, 3.8) is 0 Å². The standard InChI is InChI=1S/C18H14Cl4N2O/c19-14-4-1-12(2-5-14)10-18(22,17-23-7-8-24-17)25-11-13-3-6-15(20)9-16(13)21/h1-9H,10-11H2,(H,23,24). The average molecular weight is 416 g/mol. The van der Waals surface area contributed by atoms with Gasteiger partial charge in [-0.15, -0.1) is 0 Å². The first-order valence-corrected chi connectivity index (χ1v) is 8.98. The zero-order valence-electron chi connectivity index (χ0n) is 13.0. The van der Waals surface area contributed by atoms with Crippen LogP contribution >= 0.6 is 46.4 Å². The monoisotopic (exact) mass is 414 g/mol. The summed E-state index contributed by atoms with van der Waals surface area (Å²) in [6, 6.07) is 12.7. The maximum absolute atomic E-state index is 6.80. The van der Waals surface area contributed by atoms with Gasteiger partial charge in [0.2, 0.25) is 5.06 Å². The minimum Gasteiger partial charge on any atom is -0.347 e. The Hall–Kier alpha value is -1.23.